The standard InChI is InChI=1S/C13H15BrClN3OS/c1-13(2,3)16-7-11-17-18-12(20-11)19-10-5-4-8(14)6-9(10)15/h4-6,16H,7H2,1-3H3. The maximum atomic E-state index is 6.10. The molecule has 0 spiro atoms. The van der Waals surface area contributed by atoms with E-state index in [0.29, 0.717) is 22.5 Å². The SMILES string of the molecule is CC(C)(C)NCc1nnc(Oc2ccc(Br)cc2Cl)s1. The Morgan fingerprint density at radius 3 is 2.75 bits per heavy atom. The predicted molar refractivity (Wildman–Crippen MR) is 85.7 cm³/mol. The van der Waals surface area contributed by atoms with E-state index in [-0.39, 0.29) is 5.54 Å². The van der Waals surface area contributed by atoms with Crippen LogP contribution in [0.4, 0.5) is 0 Å². The molecule has 0 bridgehead atoms. The van der Waals surface area contributed by atoms with Crippen molar-refractivity contribution in [3.05, 3.63) is 32.7 Å². The molecule has 0 aliphatic carbocycles. The quantitative estimate of drug-likeness (QED) is 0.845. The molecule has 108 valence electrons. The number of benzene rings is 1. The summed E-state index contributed by atoms with van der Waals surface area (Å²) in [7, 11) is 0. The molecule has 1 heterocycles. The Hall–Kier alpha value is -0.690. The number of hydrogen-bond donors (Lipinski definition) is 1. The third-order valence-electron chi connectivity index (χ3n) is 2.31. The maximum absolute atomic E-state index is 6.10. The van der Waals surface area contributed by atoms with Crippen LogP contribution in [0.3, 0.4) is 0 Å². The zero-order valence-corrected chi connectivity index (χ0v) is 14.6. The predicted octanol–water partition coefficient (Wildman–Crippen LogP) is 4.63. The molecule has 7 heteroatoms. The van der Waals surface area contributed by atoms with E-state index in [2.05, 4.69) is 52.2 Å². The molecule has 2 aromatic rings. The lowest BCUT2D eigenvalue weighted by molar-refractivity contribution is 0.423. The summed E-state index contributed by atoms with van der Waals surface area (Å²) in [6.45, 7) is 6.98. The smallest absolute Gasteiger partial charge is 0.299 e. The van der Waals surface area contributed by atoms with Crippen LogP contribution in [0.15, 0.2) is 22.7 Å². The Labute approximate surface area is 135 Å². The van der Waals surface area contributed by atoms with Crippen molar-refractivity contribution in [2.75, 3.05) is 0 Å². The topological polar surface area (TPSA) is 47.0 Å². The molecule has 0 atom stereocenters. The molecule has 1 aromatic carbocycles. The molecule has 0 saturated heterocycles. The Kier molecular flexibility index (Phi) is 5.01. The molecule has 0 aliphatic heterocycles. The highest BCUT2D eigenvalue weighted by atomic mass is 79.9. The summed E-state index contributed by atoms with van der Waals surface area (Å²) >= 11 is 10.9. The zero-order chi connectivity index (χ0) is 14.8. The van der Waals surface area contributed by atoms with E-state index in [9.17, 15) is 0 Å². The Bertz CT molecular complexity index is 598. The van der Waals surface area contributed by atoms with Crippen LogP contribution in [0.1, 0.15) is 25.8 Å². The van der Waals surface area contributed by atoms with Gasteiger partial charge in [0, 0.05) is 10.0 Å². The minimum Gasteiger partial charge on any atom is -0.428 e. The highest BCUT2D eigenvalue weighted by molar-refractivity contribution is 9.10. The number of halogens is 2. The summed E-state index contributed by atoms with van der Waals surface area (Å²) in [5.41, 5.74) is 0.0434. The fourth-order valence-electron chi connectivity index (χ4n) is 1.34. The lowest BCUT2D eigenvalue weighted by Gasteiger charge is -2.19. The average Bonchev–Trinajstić information content (AvgIpc) is 2.77. The molecular formula is C13H15BrClN3OS. The highest BCUT2D eigenvalue weighted by Gasteiger charge is 2.12. The van der Waals surface area contributed by atoms with E-state index in [4.69, 9.17) is 16.3 Å². The number of aromatic nitrogens is 2. The van der Waals surface area contributed by atoms with Crippen LogP contribution in [0, 0.1) is 0 Å². The second-order valence-corrected chi connectivity index (χ2v) is 7.59. The van der Waals surface area contributed by atoms with Gasteiger partial charge in [0.15, 0.2) is 0 Å². The van der Waals surface area contributed by atoms with E-state index in [0.717, 1.165) is 9.48 Å². The molecule has 20 heavy (non-hydrogen) atoms. The van der Waals surface area contributed by atoms with Crippen molar-refractivity contribution in [3.8, 4) is 10.9 Å². The molecule has 1 N–H and O–H groups in total. The van der Waals surface area contributed by atoms with Gasteiger partial charge in [-0.15, -0.1) is 5.10 Å². The molecule has 0 aliphatic rings. The van der Waals surface area contributed by atoms with Gasteiger partial charge in [-0.05, 0) is 39.0 Å². The first-order valence-electron chi connectivity index (χ1n) is 6.04. The molecule has 4 nitrogen and oxygen atoms in total. The Morgan fingerprint density at radius 1 is 1.35 bits per heavy atom. The first-order chi connectivity index (χ1) is 9.33. The van der Waals surface area contributed by atoms with Gasteiger partial charge in [0.1, 0.15) is 10.8 Å². The molecule has 1 aromatic heterocycles. The fraction of sp³-hybridized carbons (Fsp3) is 0.385. The molecule has 0 radical (unpaired) electrons. The van der Waals surface area contributed by atoms with Crippen molar-refractivity contribution in [1.82, 2.24) is 15.5 Å². The minimum absolute atomic E-state index is 0.0434. The monoisotopic (exact) mass is 375 g/mol. The number of ether oxygens (including phenoxy) is 1. The van der Waals surface area contributed by atoms with Gasteiger partial charge in [-0.25, -0.2) is 0 Å². The Balaban J connectivity index is 2.02. The molecule has 0 saturated carbocycles. The molecule has 0 amide bonds. The second kappa shape index (κ2) is 6.39. The van der Waals surface area contributed by atoms with Crippen molar-refractivity contribution in [2.24, 2.45) is 0 Å². The van der Waals surface area contributed by atoms with Gasteiger partial charge >= 0.3 is 0 Å². The Morgan fingerprint density at radius 2 is 2.10 bits per heavy atom. The fourth-order valence-corrected chi connectivity index (χ4v) is 2.70. The summed E-state index contributed by atoms with van der Waals surface area (Å²) in [5.74, 6) is 0.571. The molecule has 2 rings (SSSR count). The van der Waals surface area contributed by atoms with Crippen molar-refractivity contribution in [2.45, 2.75) is 32.9 Å². The summed E-state index contributed by atoms with van der Waals surface area (Å²) in [6, 6.07) is 5.44. The summed E-state index contributed by atoms with van der Waals surface area (Å²) in [4.78, 5) is 0. The van der Waals surface area contributed by atoms with Crippen LogP contribution >= 0.6 is 38.9 Å². The van der Waals surface area contributed by atoms with E-state index in [1.54, 1.807) is 12.1 Å². The lowest BCUT2D eigenvalue weighted by Crippen LogP contribution is -2.35. The number of nitrogens with one attached hydrogen (secondary N) is 1. The maximum Gasteiger partial charge on any atom is 0.299 e. The zero-order valence-electron chi connectivity index (χ0n) is 11.4. The van der Waals surface area contributed by atoms with Crippen molar-refractivity contribution < 1.29 is 4.74 Å². The summed E-state index contributed by atoms with van der Waals surface area (Å²) < 4.78 is 6.55. The van der Waals surface area contributed by atoms with Gasteiger partial charge in [0.05, 0.1) is 11.6 Å². The van der Waals surface area contributed by atoms with Gasteiger partial charge in [-0.1, -0.05) is 44.0 Å². The normalized spacial score (nSPS) is 11.7. The molecule has 0 unspecified atom stereocenters. The van der Waals surface area contributed by atoms with Crippen LogP contribution < -0.4 is 10.1 Å². The lowest BCUT2D eigenvalue weighted by atomic mass is 10.1. The van der Waals surface area contributed by atoms with Crippen LogP contribution in [0.2, 0.25) is 5.02 Å². The van der Waals surface area contributed by atoms with Gasteiger partial charge in [-0.2, -0.15) is 0 Å². The summed E-state index contributed by atoms with van der Waals surface area (Å²) in [5, 5.41) is 13.4. The third-order valence-corrected chi connectivity index (χ3v) is 3.90. The van der Waals surface area contributed by atoms with Crippen LogP contribution in [0.25, 0.3) is 0 Å². The molecule has 0 fully saturated rings. The number of rotatable bonds is 4. The van der Waals surface area contributed by atoms with Crippen LogP contribution in [-0.4, -0.2) is 15.7 Å². The van der Waals surface area contributed by atoms with E-state index in [1.165, 1.54) is 11.3 Å². The van der Waals surface area contributed by atoms with Gasteiger partial charge < -0.3 is 10.1 Å². The van der Waals surface area contributed by atoms with Crippen LogP contribution in [0.5, 0.6) is 10.9 Å². The van der Waals surface area contributed by atoms with Gasteiger partial charge in [-0.3, -0.25) is 0 Å². The molecular weight excluding hydrogens is 362 g/mol. The largest absolute Gasteiger partial charge is 0.428 e. The second-order valence-electron chi connectivity index (χ2n) is 5.24. The first kappa shape index (κ1) is 15.7. The van der Waals surface area contributed by atoms with E-state index in [1.807, 2.05) is 6.07 Å². The average molecular weight is 377 g/mol. The first-order valence-corrected chi connectivity index (χ1v) is 8.02. The van der Waals surface area contributed by atoms with Gasteiger partial charge in [0.25, 0.3) is 5.19 Å². The van der Waals surface area contributed by atoms with Crippen LogP contribution in [-0.2, 0) is 6.54 Å². The highest BCUT2D eigenvalue weighted by Crippen LogP contribution is 2.32. The minimum atomic E-state index is 0.0434. The summed E-state index contributed by atoms with van der Waals surface area (Å²) in [6.07, 6.45) is 0. The van der Waals surface area contributed by atoms with Crippen molar-refractivity contribution in [3.63, 3.8) is 0 Å². The third kappa shape index (κ3) is 4.70. The van der Waals surface area contributed by atoms with E-state index < -0.39 is 0 Å². The number of nitrogens with zero attached hydrogens (tertiary/aromatic N) is 2. The van der Waals surface area contributed by atoms with Crippen molar-refractivity contribution in [1.29, 1.82) is 0 Å². The van der Waals surface area contributed by atoms with E-state index >= 15 is 0 Å². The van der Waals surface area contributed by atoms with Crippen molar-refractivity contribution >= 4 is 38.9 Å². The van der Waals surface area contributed by atoms with Gasteiger partial charge in [0.2, 0.25) is 0 Å². The number of hydrogen-bond acceptors (Lipinski definition) is 5.